The molecule has 0 aromatic rings. The van der Waals surface area contributed by atoms with E-state index in [2.05, 4.69) is 5.32 Å². The van der Waals surface area contributed by atoms with Crippen molar-refractivity contribution in [2.24, 2.45) is 0 Å². The van der Waals surface area contributed by atoms with Gasteiger partial charge in [-0.15, -0.1) is 5.06 Å². The summed E-state index contributed by atoms with van der Waals surface area (Å²) in [7, 11) is 0. The third-order valence-electron chi connectivity index (χ3n) is 1.41. The molecule has 0 saturated carbocycles. The van der Waals surface area contributed by atoms with E-state index in [0.29, 0.717) is 6.54 Å². The third kappa shape index (κ3) is 1.12. The first-order valence-electron chi connectivity index (χ1n) is 2.88. The van der Waals surface area contributed by atoms with E-state index < -0.39 is 12.1 Å². The SMILES string of the molecule is OC1NCCN(O)C1(O)O. The monoisotopic (exact) mass is 150 g/mol. The van der Waals surface area contributed by atoms with E-state index in [1.54, 1.807) is 0 Å². The highest BCUT2D eigenvalue weighted by atomic mass is 16.7. The molecular formula is C4H10N2O4. The molecule has 5 N–H and O–H groups in total. The van der Waals surface area contributed by atoms with Gasteiger partial charge >= 0.3 is 0 Å². The van der Waals surface area contributed by atoms with Crippen molar-refractivity contribution >= 4 is 0 Å². The first kappa shape index (κ1) is 7.86. The van der Waals surface area contributed by atoms with Gasteiger partial charge in [0.1, 0.15) is 0 Å². The molecule has 0 radical (unpaired) electrons. The minimum absolute atomic E-state index is 0.0596. The Morgan fingerprint density at radius 2 is 2.10 bits per heavy atom. The van der Waals surface area contributed by atoms with Gasteiger partial charge in [0.2, 0.25) is 0 Å². The maximum absolute atomic E-state index is 8.83. The van der Waals surface area contributed by atoms with Crippen LogP contribution in [0.4, 0.5) is 0 Å². The van der Waals surface area contributed by atoms with E-state index in [4.69, 9.17) is 20.5 Å². The van der Waals surface area contributed by atoms with Crippen LogP contribution in [0, 0.1) is 0 Å². The summed E-state index contributed by atoms with van der Waals surface area (Å²) >= 11 is 0. The summed E-state index contributed by atoms with van der Waals surface area (Å²) < 4.78 is 0. The molecule has 1 unspecified atom stereocenters. The molecular weight excluding hydrogens is 140 g/mol. The Balaban J connectivity index is 2.63. The fraction of sp³-hybridized carbons (Fsp3) is 1.00. The third-order valence-corrected chi connectivity index (χ3v) is 1.41. The van der Waals surface area contributed by atoms with Gasteiger partial charge < -0.3 is 20.5 Å². The van der Waals surface area contributed by atoms with Gasteiger partial charge in [-0.05, 0) is 0 Å². The summed E-state index contributed by atoms with van der Waals surface area (Å²) in [6, 6.07) is 0. The predicted molar refractivity (Wildman–Crippen MR) is 29.7 cm³/mol. The van der Waals surface area contributed by atoms with E-state index in [0.717, 1.165) is 0 Å². The first-order valence-corrected chi connectivity index (χ1v) is 2.88. The molecule has 1 aliphatic rings. The van der Waals surface area contributed by atoms with Crippen molar-refractivity contribution in [3.8, 4) is 0 Å². The zero-order valence-corrected chi connectivity index (χ0v) is 5.23. The van der Waals surface area contributed by atoms with Crippen molar-refractivity contribution in [3.05, 3.63) is 0 Å². The van der Waals surface area contributed by atoms with Gasteiger partial charge in [-0.1, -0.05) is 0 Å². The van der Waals surface area contributed by atoms with Crippen LogP contribution in [-0.2, 0) is 0 Å². The molecule has 6 nitrogen and oxygen atoms in total. The molecule has 6 heteroatoms. The standard InChI is InChI=1S/C4H10N2O4/c7-3-4(8,9)6(10)2-1-5-3/h3,5,7-10H,1-2H2. The molecule has 0 bridgehead atoms. The number of aliphatic hydroxyl groups is 3. The highest BCUT2D eigenvalue weighted by Crippen LogP contribution is 2.11. The van der Waals surface area contributed by atoms with E-state index >= 15 is 0 Å². The van der Waals surface area contributed by atoms with Crippen LogP contribution < -0.4 is 5.32 Å². The number of hydrogen-bond donors (Lipinski definition) is 5. The van der Waals surface area contributed by atoms with E-state index in [9.17, 15) is 0 Å². The number of rotatable bonds is 0. The van der Waals surface area contributed by atoms with Crippen LogP contribution in [0.25, 0.3) is 0 Å². The fourth-order valence-corrected chi connectivity index (χ4v) is 0.750. The molecule has 1 aliphatic heterocycles. The van der Waals surface area contributed by atoms with Gasteiger partial charge in [0, 0.05) is 13.1 Å². The zero-order valence-electron chi connectivity index (χ0n) is 5.23. The number of piperazine rings is 1. The number of hydroxylamine groups is 2. The average molecular weight is 150 g/mol. The number of nitrogens with zero attached hydrogens (tertiary/aromatic N) is 1. The first-order chi connectivity index (χ1) is 4.55. The minimum atomic E-state index is -2.57. The predicted octanol–water partition coefficient (Wildman–Crippen LogP) is -2.76. The normalized spacial score (nSPS) is 34.2. The van der Waals surface area contributed by atoms with E-state index in [1.807, 2.05) is 0 Å². The van der Waals surface area contributed by atoms with Crippen LogP contribution in [0.15, 0.2) is 0 Å². The molecule has 1 atom stereocenters. The lowest BCUT2D eigenvalue weighted by molar-refractivity contribution is -0.406. The maximum Gasteiger partial charge on any atom is 0.288 e. The quantitative estimate of drug-likeness (QED) is 0.240. The molecule has 0 amide bonds. The van der Waals surface area contributed by atoms with Crippen molar-refractivity contribution in [3.63, 3.8) is 0 Å². The number of aliphatic hydroxyl groups excluding tert-OH is 1. The molecule has 1 fully saturated rings. The van der Waals surface area contributed by atoms with Crippen molar-refractivity contribution in [1.29, 1.82) is 0 Å². The summed E-state index contributed by atoms with van der Waals surface area (Å²) in [6.07, 6.45) is -1.54. The number of nitrogens with one attached hydrogen (secondary N) is 1. The van der Waals surface area contributed by atoms with E-state index in [1.165, 1.54) is 0 Å². The van der Waals surface area contributed by atoms with Crippen LogP contribution in [0.3, 0.4) is 0 Å². The zero-order chi connectivity index (χ0) is 7.78. The Morgan fingerprint density at radius 3 is 2.50 bits per heavy atom. The van der Waals surface area contributed by atoms with Crippen LogP contribution in [-0.4, -0.2) is 50.8 Å². The van der Waals surface area contributed by atoms with Crippen molar-refractivity contribution in [2.75, 3.05) is 13.1 Å². The second-order valence-corrected chi connectivity index (χ2v) is 2.17. The minimum Gasteiger partial charge on any atom is -0.372 e. The molecule has 1 heterocycles. The van der Waals surface area contributed by atoms with Crippen molar-refractivity contribution in [2.45, 2.75) is 12.1 Å². The van der Waals surface area contributed by atoms with Crippen LogP contribution >= 0.6 is 0 Å². The highest BCUT2D eigenvalue weighted by Gasteiger charge is 2.42. The van der Waals surface area contributed by atoms with Gasteiger partial charge in [-0.25, -0.2) is 0 Å². The van der Waals surface area contributed by atoms with Gasteiger partial charge in [-0.2, -0.15) is 0 Å². The summed E-state index contributed by atoms with van der Waals surface area (Å²) in [6.45, 7) is 0.366. The summed E-state index contributed by atoms with van der Waals surface area (Å²) in [4.78, 5) is 0. The molecule has 1 rings (SSSR count). The summed E-state index contributed by atoms with van der Waals surface area (Å²) in [5, 5.41) is 37.8. The molecule has 0 spiro atoms. The lowest BCUT2D eigenvalue weighted by Gasteiger charge is -2.38. The van der Waals surface area contributed by atoms with Crippen LogP contribution in [0.1, 0.15) is 0 Å². The lowest BCUT2D eigenvalue weighted by atomic mass is 10.3. The van der Waals surface area contributed by atoms with Crippen molar-refractivity contribution in [1.82, 2.24) is 10.4 Å². The smallest absolute Gasteiger partial charge is 0.288 e. The molecule has 0 aromatic carbocycles. The molecule has 60 valence electrons. The average Bonchev–Trinajstić information content (AvgIpc) is 1.84. The van der Waals surface area contributed by atoms with Crippen LogP contribution in [0.2, 0.25) is 0 Å². The van der Waals surface area contributed by atoms with Crippen LogP contribution in [0.5, 0.6) is 0 Å². The second kappa shape index (κ2) is 2.42. The van der Waals surface area contributed by atoms with Gasteiger partial charge in [0.25, 0.3) is 5.91 Å². The second-order valence-electron chi connectivity index (χ2n) is 2.17. The van der Waals surface area contributed by atoms with E-state index in [-0.39, 0.29) is 11.6 Å². The van der Waals surface area contributed by atoms with Gasteiger partial charge in [-0.3, -0.25) is 5.32 Å². The lowest BCUT2D eigenvalue weighted by Crippen LogP contribution is -2.66. The summed E-state index contributed by atoms with van der Waals surface area (Å²) in [5.74, 6) is -2.57. The summed E-state index contributed by atoms with van der Waals surface area (Å²) in [5.41, 5.74) is 0. The highest BCUT2D eigenvalue weighted by molar-refractivity contribution is 4.75. The molecule has 0 aromatic heterocycles. The maximum atomic E-state index is 8.83. The van der Waals surface area contributed by atoms with Gasteiger partial charge in [0.05, 0.1) is 0 Å². The number of hydrogen-bond acceptors (Lipinski definition) is 6. The Hall–Kier alpha value is -0.240. The Morgan fingerprint density at radius 1 is 1.50 bits per heavy atom. The topological polar surface area (TPSA) is 96.2 Å². The Labute approximate surface area is 57.3 Å². The molecule has 0 aliphatic carbocycles. The van der Waals surface area contributed by atoms with Gasteiger partial charge in [0.15, 0.2) is 6.23 Å². The Kier molecular flexibility index (Phi) is 1.90. The van der Waals surface area contributed by atoms with Crippen molar-refractivity contribution < 1.29 is 20.5 Å². The fourth-order valence-electron chi connectivity index (χ4n) is 0.750. The molecule has 10 heavy (non-hydrogen) atoms. The molecule has 1 saturated heterocycles. The largest absolute Gasteiger partial charge is 0.372 e. The Bertz CT molecular complexity index is 116.